The molecule has 0 aliphatic heterocycles. The molecule has 1 saturated carbocycles. The van der Waals surface area contributed by atoms with Gasteiger partial charge in [0.2, 0.25) is 0 Å². The number of hydrogen-bond donors (Lipinski definition) is 1. The van der Waals surface area contributed by atoms with Gasteiger partial charge in [0, 0.05) is 12.6 Å². The monoisotopic (exact) mass is 232 g/mol. The van der Waals surface area contributed by atoms with Crippen molar-refractivity contribution in [3.8, 4) is 0 Å². The molecular formula is C15H24N2. The van der Waals surface area contributed by atoms with Gasteiger partial charge in [-0.2, -0.15) is 0 Å². The van der Waals surface area contributed by atoms with Gasteiger partial charge in [-0.3, -0.25) is 0 Å². The summed E-state index contributed by atoms with van der Waals surface area (Å²) in [6.45, 7) is 2.36. The summed E-state index contributed by atoms with van der Waals surface area (Å²) in [7, 11) is 2.22. The minimum atomic E-state index is 0.181. The Bertz CT molecular complexity index is 319. The Morgan fingerprint density at radius 1 is 1.29 bits per heavy atom. The van der Waals surface area contributed by atoms with E-state index in [0.29, 0.717) is 0 Å². The van der Waals surface area contributed by atoms with Crippen LogP contribution in [0.4, 0.5) is 0 Å². The third-order valence-electron chi connectivity index (χ3n) is 3.84. The first-order valence-electron chi connectivity index (χ1n) is 6.75. The third kappa shape index (κ3) is 3.83. The Hall–Kier alpha value is -0.860. The summed E-state index contributed by atoms with van der Waals surface area (Å²) in [6, 6.07) is 10.6. The highest BCUT2D eigenvalue weighted by Gasteiger charge is 2.19. The minimum Gasteiger partial charge on any atom is -0.324 e. The van der Waals surface area contributed by atoms with Gasteiger partial charge in [0.05, 0.1) is 0 Å². The van der Waals surface area contributed by atoms with Crippen molar-refractivity contribution in [1.82, 2.24) is 4.90 Å². The van der Waals surface area contributed by atoms with E-state index in [0.717, 1.165) is 18.9 Å². The number of rotatable bonds is 6. The SMILES string of the molecule is CN(CCC(N)c1ccccc1)CC1CCC1. The molecule has 0 bridgehead atoms. The predicted octanol–water partition coefficient (Wildman–Crippen LogP) is 2.81. The third-order valence-corrected chi connectivity index (χ3v) is 3.84. The minimum absolute atomic E-state index is 0.181. The van der Waals surface area contributed by atoms with Crippen LogP contribution in [0.1, 0.15) is 37.3 Å². The lowest BCUT2D eigenvalue weighted by atomic mass is 9.85. The van der Waals surface area contributed by atoms with Gasteiger partial charge in [-0.05, 0) is 44.3 Å². The molecule has 1 unspecified atom stereocenters. The Morgan fingerprint density at radius 2 is 2.00 bits per heavy atom. The second-order valence-electron chi connectivity index (χ2n) is 5.37. The van der Waals surface area contributed by atoms with E-state index in [2.05, 4.69) is 36.2 Å². The molecule has 1 aliphatic rings. The van der Waals surface area contributed by atoms with Gasteiger partial charge in [-0.25, -0.2) is 0 Å². The average molecular weight is 232 g/mol. The summed E-state index contributed by atoms with van der Waals surface area (Å²) in [4.78, 5) is 2.44. The number of nitrogens with two attached hydrogens (primary N) is 1. The van der Waals surface area contributed by atoms with Crippen LogP contribution in [0.2, 0.25) is 0 Å². The molecule has 0 aromatic heterocycles. The second kappa shape index (κ2) is 6.18. The predicted molar refractivity (Wildman–Crippen MR) is 72.8 cm³/mol. The summed E-state index contributed by atoms with van der Waals surface area (Å²) in [5.74, 6) is 0.952. The van der Waals surface area contributed by atoms with Crippen LogP contribution < -0.4 is 5.73 Å². The van der Waals surface area contributed by atoms with Gasteiger partial charge in [-0.1, -0.05) is 36.8 Å². The Kier molecular flexibility index (Phi) is 4.57. The van der Waals surface area contributed by atoms with Crippen LogP contribution in [-0.4, -0.2) is 25.0 Å². The maximum absolute atomic E-state index is 6.19. The first-order valence-corrected chi connectivity index (χ1v) is 6.75. The zero-order valence-electron chi connectivity index (χ0n) is 10.8. The van der Waals surface area contributed by atoms with E-state index in [4.69, 9.17) is 5.73 Å². The van der Waals surface area contributed by atoms with Gasteiger partial charge in [0.1, 0.15) is 0 Å². The Morgan fingerprint density at radius 3 is 2.59 bits per heavy atom. The van der Waals surface area contributed by atoms with E-state index in [-0.39, 0.29) is 6.04 Å². The van der Waals surface area contributed by atoms with Gasteiger partial charge in [0.15, 0.2) is 0 Å². The van der Waals surface area contributed by atoms with E-state index >= 15 is 0 Å². The summed E-state index contributed by atoms with van der Waals surface area (Å²) in [6.07, 6.45) is 5.33. The molecule has 0 saturated heterocycles. The van der Waals surface area contributed by atoms with Crippen molar-refractivity contribution in [3.05, 3.63) is 35.9 Å². The van der Waals surface area contributed by atoms with Crippen molar-refractivity contribution in [1.29, 1.82) is 0 Å². The topological polar surface area (TPSA) is 29.3 Å². The number of nitrogens with zero attached hydrogens (tertiary/aromatic N) is 1. The molecule has 1 fully saturated rings. The standard InChI is InChI=1S/C15H24N2/c1-17(12-13-6-5-7-13)11-10-15(16)14-8-3-2-4-9-14/h2-4,8-9,13,15H,5-7,10-12,16H2,1H3. The lowest BCUT2D eigenvalue weighted by molar-refractivity contribution is 0.201. The largest absolute Gasteiger partial charge is 0.324 e. The second-order valence-corrected chi connectivity index (χ2v) is 5.37. The van der Waals surface area contributed by atoms with Gasteiger partial charge in [0.25, 0.3) is 0 Å². The van der Waals surface area contributed by atoms with E-state index in [1.807, 2.05) is 6.07 Å². The van der Waals surface area contributed by atoms with E-state index < -0.39 is 0 Å². The molecule has 1 aromatic rings. The molecule has 94 valence electrons. The number of hydrogen-bond acceptors (Lipinski definition) is 2. The van der Waals surface area contributed by atoms with Crippen molar-refractivity contribution < 1.29 is 0 Å². The zero-order chi connectivity index (χ0) is 12.1. The summed E-state index contributed by atoms with van der Waals surface area (Å²) < 4.78 is 0. The Labute approximate surface area is 105 Å². The molecular weight excluding hydrogens is 208 g/mol. The molecule has 1 atom stereocenters. The molecule has 2 N–H and O–H groups in total. The molecule has 2 nitrogen and oxygen atoms in total. The highest BCUT2D eigenvalue weighted by Crippen LogP contribution is 2.26. The quantitative estimate of drug-likeness (QED) is 0.817. The van der Waals surface area contributed by atoms with Crippen LogP contribution in [0, 0.1) is 5.92 Å². The molecule has 0 heterocycles. The zero-order valence-corrected chi connectivity index (χ0v) is 10.8. The summed E-state index contributed by atoms with van der Waals surface area (Å²) >= 11 is 0. The van der Waals surface area contributed by atoms with Crippen LogP contribution in [0.15, 0.2) is 30.3 Å². The lowest BCUT2D eigenvalue weighted by Crippen LogP contribution is -2.31. The molecule has 0 spiro atoms. The van der Waals surface area contributed by atoms with E-state index in [1.165, 1.54) is 31.4 Å². The molecule has 2 heteroatoms. The van der Waals surface area contributed by atoms with E-state index in [9.17, 15) is 0 Å². The van der Waals surface area contributed by atoms with Crippen LogP contribution >= 0.6 is 0 Å². The first-order chi connectivity index (χ1) is 8.25. The Balaban J connectivity index is 1.70. The van der Waals surface area contributed by atoms with Crippen molar-refractivity contribution in [2.45, 2.75) is 31.7 Å². The summed E-state index contributed by atoms with van der Waals surface area (Å²) in [5, 5.41) is 0. The maximum atomic E-state index is 6.19. The fourth-order valence-corrected chi connectivity index (χ4v) is 2.43. The van der Waals surface area contributed by atoms with Crippen molar-refractivity contribution in [2.24, 2.45) is 11.7 Å². The molecule has 1 aromatic carbocycles. The molecule has 0 radical (unpaired) electrons. The fourth-order valence-electron chi connectivity index (χ4n) is 2.43. The normalized spacial score (nSPS) is 18.1. The number of benzene rings is 1. The molecule has 0 amide bonds. The summed E-state index contributed by atoms with van der Waals surface area (Å²) in [5.41, 5.74) is 7.45. The fraction of sp³-hybridized carbons (Fsp3) is 0.600. The van der Waals surface area contributed by atoms with Gasteiger partial charge >= 0.3 is 0 Å². The smallest absolute Gasteiger partial charge is 0.0307 e. The molecule has 1 aliphatic carbocycles. The van der Waals surface area contributed by atoms with Crippen molar-refractivity contribution in [2.75, 3.05) is 20.1 Å². The highest BCUT2D eigenvalue weighted by atomic mass is 15.1. The van der Waals surface area contributed by atoms with Crippen LogP contribution in [0.5, 0.6) is 0 Å². The lowest BCUT2D eigenvalue weighted by Gasteiger charge is -2.30. The highest BCUT2D eigenvalue weighted by molar-refractivity contribution is 5.18. The maximum Gasteiger partial charge on any atom is 0.0307 e. The van der Waals surface area contributed by atoms with E-state index in [1.54, 1.807) is 0 Å². The van der Waals surface area contributed by atoms with Gasteiger partial charge in [-0.15, -0.1) is 0 Å². The van der Waals surface area contributed by atoms with Crippen molar-refractivity contribution in [3.63, 3.8) is 0 Å². The van der Waals surface area contributed by atoms with Crippen LogP contribution in [0.25, 0.3) is 0 Å². The van der Waals surface area contributed by atoms with Gasteiger partial charge < -0.3 is 10.6 Å². The molecule has 17 heavy (non-hydrogen) atoms. The average Bonchev–Trinajstić information content (AvgIpc) is 2.32. The van der Waals surface area contributed by atoms with Crippen LogP contribution in [-0.2, 0) is 0 Å². The first kappa shape index (κ1) is 12.6. The molecule has 2 rings (SSSR count). The van der Waals surface area contributed by atoms with Crippen molar-refractivity contribution >= 4 is 0 Å². The van der Waals surface area contributed by atoms with Crippen LogP contribution in [0.3, 0.4) is 0 Å².